The van der Waals surface area contributed by atoms with Gasteiger partial charge in [0.1, 0.15) is 5.75 Å². The number of aromatic nitrogens is 1. The van der Waals surface area contributed by atoms with Crippen molar-refractivity contribution in [1.82, 2.24) is 4.57 Å². The molecule has 2 heterocycles. The third-order valence-corrected chi connectivity index (χ3v) is 8.36. The van der Waals surface area contributed by atoms with Crippen molar-refractivity contribution in [2.45, 2.75) is 98.7 Å². The predicted octanol–water partition coefficient (Wildman–Crippen LogP) is 9.74. The Morgan fingerprint density at radius 3 is 2.05 bits per heavy atom. The minimum atomic E-state index is -0.187. The van der Waals surface area contributed by atoms with Gasteiger partial charge in [0, 0.05) is 17.2 Å². The van der Waals surface area contributed by atoms with Crippen LogP contribution in [0.3, 0.4) is 0 Å². The number of hydrogen-bond acceptors (Lipinski definition) is 2. The maximum Gasteiger partial charge on any atom is 0.199 e. The highest BCUT2D eigenvalue weighted by Gasteiger charge is 2.28. The van der Waals surface area contributed by atoms with E-state index in [2.05, 4.69) is 101 Å². The average Bonchev–Trinajstić information content (AvgIpc) is 3.24. The van der Waals surface area contributed by atoms with Crippen molar-refractivity contribution in [2.75, 3.05) is 6.61 Å². The third kappa shape index (κ3) is 5.23. The van der Waals surface area contributed by atoms with Crippen molar-refractivity contribution < 1.29 is 9.47 Å². The summed E-state index contributed by atoms with van der Waals surface area (Å²) in [6, 6.07) is 20.9. The van der Waals surface area contributed by atoms with Gasteiger partial charge in [0.15, 0.2) is 6.29 Å². The van der Waals surface area contributed by atoms with Crippen LogP contribution in [-0.2, 0) is 17.6 Å². The van der Waals surface area contributed by atoms with E-state index in [9.17, 15) is 0 Å². The van der Waals surface area contributed by atoms with E-state index in [-0.39, 0.29) is 11.7 Å². The second-order valence-corrected chi connectivity index (χ2v) is 12.1. The highest BCUT2D eigenvalue weighted by Crippen LogP contribution is 2.43. The van der Waals surface area contributed by atoms with Crippen LogP contribution in [0.25, 0.3) is 27.5 Å². The zero-order chi connectivity index (χ0) is 26.9. The fourth-order valence-electron chi connectivity index (χ4n) is 6.17. The van der Waals surface area contributed by atoms with Gasteiger partial charge >= 0.3 is 0 Å². The smallest absolute Gasteiger partial charge is 0.199 e. The Balaban J connectivity index is 1.79. The number of benzene rings is 3. The molecule has 38 heavy (non-hydrogen) atoms. The van der Waals surface area contributed by atoms with Gasteiger partial charge in [-0.3, -0.25) is 0 Å². The van der Waals surface area contributed by atoms with Gasteiger partial charge in [0.05, 0.1) is 23.3 Å². The molecule has 3 nitrogen and oxygen atoms in total. The SMILES string of the molecule is CCCC(c1ccc(OC2CCCCO2)c(-n2c3cc(CC)ccc3c3ccc(CC)cc32)c1)C(C)(C)C. The quantitative estimate of drug-likeness (QED) is 0.235. The molecule has 1 aromatic heterocycles. The van der Waals surface area contributed by atoms with E-state index >= 15 is 0 Å². The molecular weight excluding hydrogens is 466 g/mol. The van der Waals surface area contributed by atoms with Crippen molar-refractivity contribution >= 4 is 21.8 Å². The fourth-order valence-corrected chi connectivity index (χ4v) is 6.17. The summed E-state index contributed by atoms with van der Waals surface area (Å²) in [5.74, 6) is 1.38. The van der Waals surface area contributed by atoms with Crippen molar-refractivity contribution in [3.05, 3.63) is 71.3 Å². The van der Waals surface area contributed by atoms with Gasteiger partial charge in [-0.05, 0) is 84.4 Å². The Morgan fingerprint density at radius 1 is 0.868 bits per heavy atom. The molecule has 3 aromatic carbocycles. The van der Waals surface area contributed by atoms with Crippen molar-refractivity contribution in [3.8, 4) is 11.4 Å². The average molecular weight is 512 g/mol. The zero-order valence-corrected chi connectivity index (χ0v) is 24.3. The lowest BCUT2D eigenvalue weighted by Crippen LogP contribution is -2.25. The molecule has 202 valence electrons. The molecule has 0 aliphatic carbocycles. The van der Waals surface area contributed by atoms with E-state index < -0.39 is 0 Å². The Morgan fingerprint density at radius 2 is 1.53 bits per heavy atom. The molecule has 2 unspecified atom stereocenters. The van der Waals surface area contributed by atoms with Gasteiger partial charge in [-0.2, -0.15) is 0 Å². The minimum absolute atomic E-state index is 0.174. The van der Waals surface area contributed by atoms with Crippen molar-refractivity contribution in [3.63, 3.8) is 0 Å². The second kappa shape index (κ2) is 11.1. The number of rotatable bonds is 8. The summed E-state index contributed by atoms with van der Waals surface area (Å²) in [6.45, 7) is 14.6. The molecule has 3 heteroatoms. The normalized spacial score (nSPS) is 17.3. The summed E-state index contributed by atoms with van der Waals surface area (Å²) in [7, 11) is 0. The Labute approximate surface area is 229 Å². The third-order valence-electron chi connectivity index (χ3n) is 8.36. The molecule has 0 saturated carbocycles. The van der Waals surface area contributed by atoms with Gasteiger partial charge in [0.25, 0.3) is 0 Å². The Hall–Kier alpha value is -2.78. The zero-order valence-electron chi connectivity index (χ0n) is 24.3. The fraction of sp³-hybridized carbons (Fsp3) is 0.486. The Kier molecular flexibility index (Phi) is 7.86. The van der Waals surface area contributed by atoms with Crippen molar-refractivity contribution in [2.24, 2.45) is 5.41 Å². The molecule has 2 atom stereocenters. The molecular formula is C35H45NO2. The monoisotopic (exact) mass is 511 g/mol. The summed E-state index contributed by atoms with van der Waals surface area (Å²) < 4.78 is 15.2. The van der Waals surface area contributed by atoms with E-state index in [1.165, 1.54) is 51.3 Å². The first-order valence-corrected chi connectivity index (χ1v) is 14.8. The number of nitrogens with zero attached hydrogens (tertiary/aromatic N) is 1. The lowest BCUT2D eigenvalue weighted by atomic mass is 9.74. The minimum Gasteiger partial charge on any atom is -0.463 e. The van der Waals surface area contributed by atoms with Crippen LogP contribution in [0.2, 0.25) is 0 Å². The first-order valence-electron chi connectivity index (χ1n) is 14.8. The molecule has 1 aliphatic rings. The molecule has 1 saturated heterocycles. The van der Waals surface area contributed by atoms with Crippen LogP contribution < -0.4 is 4.74 Å². The van der Waals surface area contributed by atoms with E-state index in [4.69, 9.17) is 9.47 Å². The van der Waals surface area contributed by atoms with E-state index in [0.29, 0.717) is 5.92 Å². The van der Waals surface area contributed by atoms with Crippen LogP contribution in [0.1, 0.15) is 96.3 Å². The molecule has 0 radical (unpaired) electrons. The highest BCUT2D eigenvalue weighted by atomic mass is 16.7. The summed E-state index contributed by atoms with van der Waals surface area (Å²) in [5.41, 5.74) is 7.90. The van der Waals surface area contributed by atoms with Crippen LogP contribution in [0.4, 0.5) is 0 Å². The number of aryl methyl sites for hydroxylation is 2. The summed E-state index contributed by atoms with van der Waals surface area (Å²) in [5, 5.41) is 2.59. The number of fused-ring (bicyclic) bond motifs is 3. The van der Waals surface area contributed by atoms with Gasteiger partial charge in [-0.15, -0.1) is 0 Å². The van der Waals surface area contributed by atoms with E-state index in [1.54, 1.807) is 0 Å². The van der Waals surface area contributed by atoms with Crippen LogP contribution >= 0.6 is 0 Å². The molecule has 4 aromatic rings. The first-order chi connectivity index (χ1) is 18.3. The van der Waals surface area contributed by atoms with Crippen LogP contribution in [-0.4, -0.2) is 17.5 Å². The van der Waals surface area contributed by atoms with Crippen molar-refractivity contribution in [1.29, 1.82) is 0 Å². The van der Waals surface area contributed by atoms with Gasteiger partial charge in [0.2, 0.25) is 0 Å². The Bertz CT molecular complexity index is 1340. The molecule has 0 amide bonds. The van der Waals surface area contributed by atoms with Crippen LogP contribution in [0.5, 0.6) is 5.75 Å². The molecule has 1 aliphatic heterocycles. The summed E-state index contributed by atoms with van der Waals surface area (Å²) >= 11 is 0. The van der Waals surface area contributed by atoms with Gasteiger partial charge in [-0.1, -0.05) is 78.3 Å². The number of hydrogen-bond donors (Lipinski definition) is 0. The van der Waals surface area contributed by atoms with Gasteiger partial charge < -0.3 is 14.0 Å². The summed E-state index contributed by atoms with van der Waals surface area (Å²) in [6.07, 6.45) is 7.38. The maximum absolute atomic E-state index is 6.66. The largest absolute Gasteiger partial charge is 0.463 e. The van der Waals surface area contributed by atoms with Crippen LogP contribution in [0, 0.1) is 5.41 Å². The highest BCUT2D eigenvalue weighted by molar-refractivity contribution is 6.09. The van der Waals surface area contributed by atoms with Crippen LogP contribution in [0.15, 0.2) is 54.6 Å². The van der Waals surface area contributed by atoms with Gasteiger partial charge in [-0.25, -0.2) is 0 Å². The lowest BCUT2D eigenvalue weighted by Gasteiger charge is -2.32. The lowest BCUT2D eigenvalue weighted by molar-refractivity contribution is -0.105. The molecule has 1 fully saturated rings. The predicted molar refractivity (Wildman–Crippen MR) is 161 cm³/mol. The maximum atomic E-state index is 6.66. The standard InChI is InChI=1S/C35H45NO2/c1-7-12-29(35(4,5)6)26-16-19-33(38-34-13-10-11-20-37-34)32(23-26)36-30-21-24(8-2)14-17-27(30)28-18-15-25(9-3)22-31(28)36/h14-19,21-23,29,34H,7-13,20H2,1-6H3. The summed E-state index contributed by atoms with van der Waals surface area (Å²) in [4.78, 5) is 0. The van der Waals surface area contributed by atoms with E-state index in [1.807, 2.05) is 0 Å². The molecule has 0 spiro atoms. The second-order valence-electron chi connectivity index (χ2n) is 12.1. The molecule has 0 bridgehead atoms. The number of ether oxygens (including phenoxy) is 2. The molecule has 5 rings (SSSR count). The molecule has 0 N–H and O–H groups in total. The topological polar surface area (TPSA) is 23.4 Å². The van der Waals surface area contributed by atoms with E-state index in [0.717, 1.165) is 50.1 Å². The first kappa shape index (κ1) is 26.8.